The van der Waals surface area contributed by atoms with Gasteiger partial charge in [0.05, 0.1) is 0 Å². The lowest BCUT2D eigenvalue weighted by Crippen LogP contribution is -2.47. The molecule has 2 rings (SSSR count). The molecule has 19 heavy (non-hydrogen) atoms. The second-order valence-corrected chi connectivity index (χ2v) is 5.04. The van der Waals surface area contributed by atoms with Crippen LogP contribution in [0.5, 0.6) is 0 Å². The number of urea groups is 1. The molecular formula is C15H23N3O. The quantitative estimate of drug-likeness (QED) is 0.870. The lowest BCUT2D eigenvalue weighted by atomic mass is 10.0. The summed E-state index contributed by atoms with van der Waals surface area (Å²) in [6, 6.07) is 10.8. The number of carbonyl (C=O) groups excluding carboxylic acids is 1. The highest BCUT2D eigenvalue weighted by atomic mass is 16.2. The second-order valence-electron chi connectivity index (χ2n) is 5.04. The van der Waals surface area contributed by atoms with Crippen LogP contribution in [0.2, 0.25) is 0 Å². The first-order valence-corrected chi connectivity index (χ1v) is 7.08. The van der Waals surface area contributed by atoms with Gasteiger partial charge in [0, 0.05) is 32.2 Å². The van der Waals surface area contributed by atoms with Gasteiger partial charge in [0.25, 0.3) is 0 Å². The largest absolute Gasteiger partial charge is 0.338 e. The number of benzene rings is 1. The maximum atomic E-state index is 11.4. The van der Waals surface area contributed by atoms with Crippen LogP contribution < -0.4 is 10.6 Å². The normalized spacial score (nSPS) is 17.1. The number of likely N-dealkylation sites (tertiary alicyclic amines) is 1. The molecule has 0 aromatic heterocycles. The Kier molecular flexibility index (Phi) is 5.21. The molecule has 0 unspecified atom stereocenters. The zero-order valence-electron chi connectivity index (χ0n) is 11.6. The molecule has 1 aliphatic heterocycles. The Morgan fingerprint density at radius 3 is 2.58 bits per heavy atom. The summed E-state index contributed by atoms with van der Waals surface area (Å²) in [7, 11) is 0. The minimum Gasteiger partial charge on any atom is -0.338 e. The van der Waals surface area contributed by atoms with Crippen molar-refractivity contribution in [2.45, 2.75) is 32.4 Å². The summed E-state index contributed by atoms with van der Waals surface area (Å²) >= 11 is 0. The number of piperidine rings is 1. The van der Waals surface area contributed by atoms with Gasteiger partial charge >= 0.3 is 6.03 Å². The van der Waals surface area contributed by atoms with Crippen LogP contribution in [0, 0.1) is 0 Å². The smallest absolute Gasteiger partial charge is 0.314 e. The van der Waals surface area contributed by atoms with E-state index in [1.54, 1.807) is 0 Å². The SMILES string of the molecule is CCNC(=O)NC1CCN(Cc2ccccc2)CC1. The second kappa shape index (κ2) is 7.14. The molecule has 0 radical (unpaired) electrons. The highest BCUT2D eigenvalue weighted by Gasteiger charge is 2.20. The number of hydrogen-bond acceptors (Lipinski definition) is 2. The van der Waals surface area contributed by atoms with E-state index in [2.05, 4.69) is 39.8 Å². The third kappa shape index (κ3) is 4.56. The van der Waals surface area contributed by atoms with Gasteiger partial charge in [0.1, 0.15) is 0 Å². The van der Waals surface area contributed by atoms with Crippen molar-refractivity contribution in [1.29, 1.82) is 0 Å². The van der Waals surface area contributed by atoms with Gasteiger partial charge in [-0.3, -0.25) is 4.90 Å². The van der Waals surface area contributed by atoms with E-state index >= 15 is 0 Å². The van der Waals surface area contributed by atoms with Crippen molar-refractivity contribution < 1.29 is 4.79 Å². The van der Waals surface area contributed by atoms with Crippen LogP contribution in [0.25, 0.3) is 0 Å². The highest BCUT2D eigenvalue weighted by molar-refractivity contribution is 5.74. The number of carbonyl (C=O) groups is 1. The monoisotopic (exact) mass is 261 g/mol. The molecule has 4 nitrogen and oxygen atoms in total. The summed E-state index contributed by atoms with van der Waals surface area (Å²) in [5, 5.41) is 5.81. The van der Waals surface area contributed by atoms with E-state index in [1.165, 1.54) is 5.56 Å². The number of rotatable bonds is 4. The third-order valence-corrected chi connectivity index (χ3v) is 3.51. The van der Waals surface area contributed by atoms with Crippen molar-refractivity contribution >= 4 is 6.03 Å². The van der Waals surface area contributed by atoms with Crippen LogP contribution in [0.15, 0.2) is 30.3 Å². The Morgan fingerprint density at radius 1 is 1.26 bits per heavy atom. The molecular weight excluding hydrogens is 238 g/mol. The summed E-state index contributed by atoms with van der Waals surface area (Å²) in [6.07, 6.45) is 2.06. The molecule has 1 aromatic rings. The van der Waals surface area contributed by atoms with E-state index in [0.717, 1.165) is 32.5 Å². The zero-order chi connectivity index (χ0) is 13.5. The van der Waals surface area contributed by atoms with Crippen LogP contribution in [0.3, 0.4) is 0 Å². The topological polar surface area (TPSA) is 44.4 Å². The molecule has 104 valence electrons. The van der Waals surface area contributed by atoms with E-state index in [1.807, 2.05) is 13.0 Å². The van der Waals surface area contributed by atoms with Crippen molar-refractivity contribution in [2.24, 2.45) is 0 Å². The summed E-state index contributed by atoms with van der Waals surface area (Å²) in [4.78, 5) is 13.9. The van der Waals surface area contributed by atoms with E-state index < -0.39 is 0 Å². The van der Waals surface area contributed by atoms with Gasteiger partial charge in [-0.2, -0.15) is 0 Å². The first-order valence-electron chi connectivity index (χ1n) is 7.08. The number of nitrogens with one attached hydrogen (secondary N) is 2. The predicted octanol–water partition coefficient (Wildman–Crippen LogP) is 1.97. The van der Waals surface area contributed by atoms with E-state index in [0.29, 0.717) is 12.6 Å². The number of nitrogens with zero attached hydrogens (tertiary/aromatic N) is 1. The van der Waals surface area contributed by atoms with Gasteiger partial charge in [-0.15, -0.1) is 0 Å². The van der Waals surface area contributed by atoms with Gasteiger partial charge in [-0.05, 0) is 25.3 Å². The molecule has 1 fully saturated rings. The van der Waals surface area contributed by atoms with Gasteiger partial charge in [0.15, 0.2) is 0 Å². The first kappa shape index (κ1) is 13.9. The first-order chi connectivity index (χ1) is 9.28. The van der Waals surface area contributed by atoms with Crippen molar-refractivity contribution in [3.8, 4) is 0 Å². The van der Waals surface area contributed by atoms with E-state index in [9.17, 15) is 4.79 Å². The molecule has 0 spiro atoms. The van der Waals surface area contributed by atoms with Crippen molar-refractivity contribution in [2.75, 3.05) is 19.6 Å². The van der Waals surface area contributed by atoms with Crippen molar-refractivity contribution in [1.82, 2.24) is 15.5 Å². The van der Waals surface area contributed by atoms with Gasteiger partial charge < -0.3 is 10.6 Å². The fraction of sp³-hybridized carbons (Fsp3) is 0.533. The lowest BCUT2D eigenvalue weighted by molar-refractivity contribution is 0.187. The van der Waals surface area contributed by atoms with Crippen LogP contribution in [0.4, 0.5) is 4.79 Å². The van der Waals surface area contributed by atoms with Crippen LogP contribution >= 0.6 is 0 Å². The third-order valence-electron chi connectivity index (χ3n) is 3.51. The molecule has 0 saturated carbocycles. The Hall–Kier alpha value is -1.55. The maximum absolute atomic E-state index is 11.4. The van der Waals surface area contributed by atoms with Crippen molar-refractivity contribution in [3.63, 3.8) is 0 Å². The Labute approximate surface area is 115 Å². The standard InChI is InChI=1S/C15H23N3O/c1-2-16-15(19)17-14-8-10-18(11-9-14)12-13-6-4-3-5-7-13/h3-7,14H,2,8-12H2,1H3,(H2,16,17,19). The van der Waals surface area contributed by atoms with Crippen LogP contribution in [0.1, 0.15) is 25.3 Å². The zero-order valence-corrected chi connectivity index (χ0v) is 11.6. The highest BCUT2D eigenvalue weighted by Crippen LogP contribution is 2.13. The summed E-state index contributed by atoms with van der Waals surface area (Å²) in [5.74, 6) is 0. The van der Waals surface area contributed by atoms with Gasteiger partial charge in [-0.25, -0.2) is 4.79 Å². The Balaban J connectivity index is 1.72. The molecule has 1 aromatic carbocycles. The van der Waals surface area contributed by atoms with Crippen LogP contribution in [-0.4, -0.2) is 36.6 Å². The summed E-state index contributed by atoms with van der Waals surface area (Å²) in [6.45, 7) is 5.72. The number of amides is 2. The summed E-state index contributed by atoms with van der Waals surface area (Å²) in [5.41, 5.74) is 1.36. The molecule has 0 bridgehead atoms. The van der Waals surface area contributed by atoms with Gasteiger partial charge in [0.2, 0.25) is 0 Å². The molecule has 2 amide bonds. The van der Waals surface area contributed by atoms with E-state index in [-0.39, 0.29) is 6.03 Å². The lowest BCUT2D eigenvalue weighted by Gasteiger charge is -2.32. The average molecular weight is 261 g/mol. The van der Waals surface area contributed by atoms with Crippen molar-refractivity contribution in [3.05, 3.63) is 35.9 Å². The van der Waals surface area contributed by atoms with E-state index in [4.69, 9.17) is 0 Å². The molecule has 2 N–H and O–H groups in total. The minimum absolute atomic E-state index is 0.0380. The molecule has 4 heteroatoms. The fourth-order valence-corrected chi connectivity index (χ4v) is 2.47. The van der Waals surface area contributed by atoms with Gasteiger partial charge in [-0.1, -0.05) is 30.3 Å². The van der Waals surface area contributed by atoms with Crippen LogP contribution in [-0.2, 0) is 6.54 Å². The molecule has 0 atom stereocenters. The molecule has 0 aliphatic carbocycles. The summed E-state index contributed by atoms with van der Waals surface area (Å²) < 4.78 is 0. The Bertz CT molecular complexity index is 386. The molecule has 1 saturated heterocycles. The molecule has 1 aliphatic rings. The average Bonchev–Trinajstić information content (AvgIpc) is 2.42. The minimum atomic E-state index is -0.0380. The predicted molar refractivity (Wildman–Crippen MR) is 76.9 cm³/mol. The Morgan fingerprint density at radius 2 is 1.95 bits per heavy atom. The fourth-order valence-electron chi connectivity index (χ4n) is 2.47. The maximum Gasteiger partial charge on any atom is 0.314 e. The molecule has 1 heterocycles. The number of hydrogen-bond donors (Lipinski definition) is 2.